The number of nitrogens with zero attached hydrogens (tertiary/aromatic N) is 2. The number of benzene rings is 1. The minimum absolute atomic E-state index is 0.410. The van der Waals surface area contributed by atoms with Crippen molar-refractivity contribution in [1.82, 2.24) is 9.97 Å². The van der Waals surface area contributed by atoms with E-state index in [-0.39, 0.29) is 0 Å². The number of rotatable bonds is 4. The smallest absolute Gasteiger partial charge is 0.115 e. The summed E-state index contributed by atoms with van der Waals surface area (Å²) in [6.45, 7) is 0.662. The number of nitrogens with one attached hydrogen (secondary N) is 1. The molecule has 2 rings (SSSR count). The van der Waals surface area contributed by atoms with Crippen LogP contribution in [0.5, 0.6) is 0 Å². The van der Waals surface area contributed by atoms with Gasteiger partial charge >= 0.3 is 0 Å². The van der Waals surface area contributed by atoms with Gasteiger partial charge in [-0.05, 0) is 30.3 Å². The van der Waals surface area contributed by atoms with Gasteiger partial charge in [0.1, 0.15) is 11.3 Å². The molecule has 0 bridgehead atoms. The van der Waals surface area contributed by atoms with E-state index in [1.807, 2.05) is 30.3 Å². The summed E-state index contributed by atoms with van der Waals surface area (Å²) in [6.07, 6.45) is 3.26. The van der Waals surface area contributed by atoms with Gasteiger partial charge in [0.2, 0.25) is 0 Å². The van der Waals surface area contributed by atoms with Crippen LogP contribution in [-0.4, -0.2) is 15.0 Å². The Hall–Kier alpha value is -2.01. The zero-order chi connectivity index (χ0) is 12.1. The van der Waals surface area contributed by atoms with E-state index in [1.165, 1.54) is 6.33 Å². The van der Waals surface area contributed by atoms with Crippen molar-refractivity contribution in [3.8, 4) is 0 Å². The molecule has 0 amide bonds. The molecule has 86 valence electrons. The van der Waals surface area contributed by atoms with Gasteiger partial charge in [-0.3, -0.25) is 0 Å². The van der Waals surface area contributed by atoms with Crippen molar-refractivity contribution >= 4 is 22.9 Å². The Balaban J connectivity index is 1.98. The molecule has 0 saturated carbocycles. The van der Waals surface area contributed by atoms with Crippen LogP contribution in [0.25, 0.3) is 0 Å². The molecule has 1 aromatic heterocycles. The fourth-order valence-electron chi connectivity index (χ4n) is 1.37. The van der Waals surface area contributed by atoms with Crippen LogP contribution in [-0.2, 0) is 6.54 Å². The topological polar surface area (TPSA) is 63.8 Å². The van der Waals surface area contributed by atoms with Gasteiger partial charge in [0.15, 0.2) is 0 Å². The van der Waals surface area contributed by atoms with Crippen LogP contribution in [0, 0.1) is 0 Å². The first-order chi connectivity index (χ1) is 8.25. The summed E-state index contributed by atoms with van der Waals surface area (Å²) in [5.41, 5.74) is 8.34. The van der Waals surface area contributed by atoms with Crippen molar-refractivity contribution in [2.24, 2.45) is 5.73 Å². The zero-order valence-electron chi connectivity index (χ0n) is 9.13. The number of nitrogens with two attached hydrogens (primary N) is 1. The molecule has 0 spiro atoms. The minimum atomic E-state index is 0.410. The van der Waals surface area contributed by atoms with Crippen LogP contribution in [0.15, 0.2) is 42.9 Å². The Morgan fingerprint density at radius 3 is 2.59 bits per heavy atom. The van der Waals surface area contributed by atoms with Crippen LogP contribution in [0.1, 0.15) is 11.3 Å². The standard InChI is InChI=1S/C12H12N4S/c13-12(17)9-1-3-10(4-2-9)15-7-11-5-6-14-8-16-11/h1-6,8,15H,7H2,(H2,13,17). The highest BCUT2D eigenvalue weighted by atomic mass is 32.1. The summed E-state index contributed by atoms with van der Waals surface area (Å²) in [7, 11) is 0. The number of anilines is 1. The molecule has 0 atom stereocenters. The summed E-state index contributed by atoms with van der Waals surface area (Å²) in [6, 6.07) is 9.54. The van der Waals surface area contributed by atoms with Gasteiger partial charge in [-0.15, -0.1) is 0 Å². The third-order valence-corrected chi connectivity index (χ3v) is 2.52. The molecule has 0 aliphatic rings. The van der Waals surface area contributed by atoms with Crippen LogP contribution in [0.2, 0.25) is 0 Å². The van der Waals surface area contributed by atoms with E-state index in [1.54, 1.807) is 6.20 Å². The van der Waals surface area contributed by atoms with Crippen molar-refractivity contribution in [2.45, 2.75) is 6.54 Å². The highest BCUT2D eigenvalue weighted by molar-refractivity contribution is 7.80. The second-order valence-corrected chi connectivity index (χ2v) is 3.94. The largest absolute Gasteiger partial charge is 0.389 e. The van der Waals surface area contributed by atoms with Crippen molar-refractivity contribution in [3.05, 3.63) is 54.1 Å². The molecule has 0 aliphatic heterocycles. The SMILES string of the molecule is NC(=S)c1ccc(NCc2ccncn2)cc1. The molecule has 0 saturated heterocycles. The predicted molar refractivity (Wildman–Crippen MR) is 71.7 cm³/mol. The minimum Gasteiger partial charge on any atom is -0.389 e. The highest BCUT2D eigenvalue weighted by Crippen LogP contribution is 2.10. The van der Waals surface area contributed by atoms with Crippen molar-refractivity contribution in [3.63, 3.8) is 0 Å². The fourth-order valence-corrected chi connectivity index (χ4v) is 1.50. The number of hydrogen-bond donors (Lipinski definition) is 2. The molecule has 0 unspecified atom stereocenters. The van der Waals surface area contributed by atoms with Gasteiger partial charge < -0.3 is 11.1 Å². The Morgan fingerprint density at radius 2 is 2.00 bits per heavy atom. The lowest BCUT2D eigenvalue weighted by Gasteiger charge is -2.06. The lowest BCUT2D eigenvalue weighted by molar-refractivity contribution is 1.01. The lowest BCUT2D eigenvalue weighted by atomic mass is 10.2. The second-order valence-electron chi connectivity index (χ2n) is 3.50. The first kappa shape index (κ1) is 11.5. The molecular weight excluding hydrogens is 232 g/mol. The van der Waals surface area contributed by atoms with Crippen LogP contribution in [0.3, 0.4) is 0 Å². The Labute approximate surface area is 105 Å². The average Bonchev–Trinajstić information content (AvgIpc) is 2.38. The van der Waals surface area contributed by atoms with Gasteiger partial charge in [0.25, 0.3) is 0 Å². The molecular formula is C12H12N4S. The van der Waals surface area contributed by atoms with Crippen LogP contribution < -0.4 is 11.1 Å². The maximum Gasteiger partial charge on any atom is 0.115 e. The Morgan fingerprint density at radius 1 is 1.24 bits per heavy atom. The van der Waals surface area contributed by atoms with Crippen molar-refractivity contribution in [1.29, 1.82) is 0 Å². The van der Waals surface area contributed by atoms with Gasteiger partial charge in [0, 0.05) is 17.4 Å². The molecule has 1 aromatic carbocycles. The quantitative estimate of drug-likeness (QED) is 0.802. The normalized spacial score (nSPS) is 9.88. The van der Waals surface area contributed by atoms with E-state index in [0.717, 1.165) is 16.9 Å². The monoisotopic (exact) mass is 244 g/mol. The summed E-state index contributed by atoms with van der Waals surface area (Å²) in [4.78, 5) is 8.40. The predicted octanol–water partition coefficient (Wildman–Crippen LogP) is 1.72. The summed E-state index contributed by atoms with van der Waals surface area (Å²) < 4.78 is 0. The lowest BCUT2D eigenvalue weighted by Crippen LogP contribution is -2.09. The maximum absolute atomic E-state index is 5.52. The summed E-state index contributed by atoms with van der Waals surface area (Å²) in [5.74, 6) is 0. The molecule has 1 heterocycles. The molecule has 3 N–H and O–H groups in total. The number of hydrogen-bond acceptors (Lipinski definition) is 4. The number of thiocarbonyl (C=S) groups is 1. The third-order valence-electron chi connectivity index (χ3n) is 2.29. The molecule has 4 nitrogen and oxygen atoms in total. The zero-order valence-corrected chi connectivity index (χ0v) is 9.95. The molecule has 5 heteroatoms. The molecule has 2 aromatic rings. The van der Waals surface area contributed by atoms with E-state index in [0.29, 0.717) is 11.5 Å². The first-order valence-corrected chi connectivity index (χ1v) is 5.55. The molecule has 17 heavy (non-hydrogen) atoms. The van der Waals surface area contributed by atoms with Crippen molar-refractivity contribution in [2.75, 3.05) is 5.32 Å². The van der Waals surface area contributed by atoms with E-state index in [9.17, 15) is 0 Å². The first-order valence-electron chi connectivity index (χ1n) is 5.14. The van der Waals surface area contributed by atoms with Crippen LogP contribution >= 0.6 is 12.2 Å². The van der Waals surface area contributed by atoms with Gasteiger partial charge in [-0.1, -0.05) is 12.2 Å². The van der Waals surface area contributed by atoms with E-state index in [4.69, 9.17) is 18.0 Å². The Bertz CT molecular complexity index is 496. The molecule has 0 radical (unpaired) electrons. The van der Waals surface area contributed by atoms with Gasteiger partial charge in [0.05, 0.1) is 12.2 Å². The molecule has 0 aliphatic carbocycles. The summed E-state index contributed by atoms with van der Waals surface area (Å²) in [5, 5.41) is 3.25. The second kappa shape index (κ2) is 5.36. The fraction of sp³-hybridized carbons (Fsp3) is 0.0833. The van der Waals surface area contributed by atoms with Gasteiger partial charge in [-0.25, -0.2) is 9.97 Å². The maximum atomic E-state index is 5.52. The summed E-state index contributed by atoms with van der Waals surface area (Å²) >= 11 is 4.89. The number of aromatic nitrogens is 2. The van der Waals surface area contributed by atoms with E-state index < -0.39 is 0 Å². The van der Waals surface area contributed by atoms with Gasteiger partial charge in [-0.2, -0.15) is 0 Å². The highest BCUT2D eigenvalue weighted by Gasteiger charge is 1.97. The average molecular weight is 244 g/mol. The Kier molecular flexibility index (Phi) is 3.62. The third kappa shape index (κ3) is 3.22. The van der Waals surface area contributed by atoms with E-state index in [2.05, 4.69) is 15.3 Å². The van der Waals surface area contributed by atoms with E-state index >= 15 is 0 Å². The molecule has 0 fully saturated rings. The van der Waals surface area contributed by atoms with Crippen molar-refractivity contribution < 1.29 is 0 Å². The van der Waals surface area contributed by atoms with Crippen LogP contribution in [0.4, 0.5) is 5.69 Å².